The second-order valence-corrected chi connectivity index (χ2v) is 3.00. The summed E-state index contributed by atoms with van der Waals surface area (Å²) in [6, 6.07) is 4.20. The molecule has 13 heavy (non-hydrogen) atoms. The monoisotopic (exact) mass is 182 g/mol. The molecule has 2 nitrogen and oxygen atoms in total. The van der Waals surface area contributed by atoms with Gasteiger partial charge in [0.05, 0.1) is 6.67 Å². The second-order valence-electron chi connectivity index (χ2n) is 3.00. The Morgan fingerprint density at radius 3 is 2.77 bits per heavy atom. The summed E-state index contributed by atoms with van der Waals surface area (Å²) in [6.45, 7) is 2.53. The van der Waals surface area contributed by atoms with Crippen molar-refractivity contribution in [3.63, 3.8) is 0 Å². The molecule has 1 aromatic heterocycles. The van der Waals surface area contributed by atoms with E-state index in [9.17, 15) is 4.39 Å². The molecule has 0 amide bonds. The number of rotatable bonds is 5. The molecular weight excluding hydrogens is 167 g/mol. The molecule has 1 heterocycles. The van der Waals surface area contributed by atoms with E-state index in [4.69, 9.17) is 0 Å². The first-order valence-electron chi connectivity index (χ1n) is 4.54. The molecule has 1 aromatic rings. The van der Waals surface area contributed by atoms with Crippen LogP contribution in [0.25, 0.3) is 0 Å². The van der Waals surface area contributed by atoms with Gasteiger partial charge in [0.1, 0.15) is 0 Å². The number of aromatic nitrogens is 1. The Morgan fingerprint density at radius 1 is 1.46 bits per heavy atom. The molecule has 0 radical (unpaired) electrons. The highest BCUT2D eigenvalue weighted by Gasteiger charge is 2.02. The molecular formula is C10H15FN2. The van der Waals surface area contributed by atoms with Crippen LogP contribution >= 0.6 is 0 Å². The minimum atomic E-state index is -0.254. The Labute approximate surface area is 78.2 Å². The minimum absolute atomic E-state index is 0.254. The molecule has 0 aliphatic carbocycles. The molecule has 0 bridgehead atoms. The van der Waals surface area contributed by atoms with E-state index in [0.717, 1.165) is 6.54 Å². The van der Waals surface area contributed by atoms with Crippen molar-refractivity contribution < 1.29 is 4.39 Å². The SMILES string of the molecule is C[C@H](NCCCF)c1ccncc1. The molecule has 0 unspecified atom stereocenters. The van der Waals surface area contributed by atoms with E-state index < -0.39 is 0 Å². The molecule has 3 heteroatoms. The quantitative estimate of drug-likeness (QED) is 0.705. The van der Waals surface area contributed by atoms with E-state index in [-0.39, 0.29) is 12.7 Å². The normalized spacial score (nSPS) is 12.8. The predicted octanol–water partition coefficient (Wildman–Crippen LogP) is 2.09. The summed E-state index contributed by atoms with van der Waals surface area (Å²) >= 11 is 0. The first kappa shape index (κ1) is 10.1. The van der Waals surface area contributed by atoms with E-state index in [1.165, 1.54) is 5.56 Å². The molecule has 0 saturated heterocycles. The summed E-state index contributed by atoms with van der Waals surface area (Å²) < 4.78 is 11.8. The van der Waals surface area contributed by atoms with Crippen molar-refractivity contribution in [2.24, 2.45) is 0 Å². The van der Waals surface area contributed by atoms with Crippen LogP contribution in [0.2, 0.25) is 0 Å². The van der Waals surface area contributed by atoms with Gasteiger partial charge < -0.3 is 5.32 Å². The van der Waals surface area contributed by atoms with Gasteiger partial charge in [-0.15, -0.1) is 0 Å². The van der Waals surface area contributed by atoms with Crippen LogP contribution in [-0.2, 0) is 0 Å². The van der Waals surface area contributed by atoms with Crippen molar-refractivity contribution in [2.75, 3.05) is 13.2 Å². The number of hydrogen-bond donors (Lipinski definition) is 1. The van der Waals surface area contributed by atoms with Crippen molar-refractivity contribution in [1.29, 1.82) is 0 Å². The highest BCUT2D eigenvalue weighted by molar-refractivity contribution is 5.13. The highest BCUT2D eigenvalue weighted by atomic mass is 19.1. The molecule has 1 N–H and O–H groups in total. The third-order valence-corrected chi connectivity index (χ3v) is 1.97. The minimum Gasteiger partial charge on any atom is -0.310 e. The number of alkyl halides is 1. The van der Waals surface area contributed by atoms with Crippen molar-refractivity contribution >= 4 is 0 Å². The maximum absolute atomic E-state index is 11.8. The van der Waals surface area contributed by atoms with Crippen LogP contribution in [0.4, 0.5) is 4.39 Å². The first-order chi connectivity index (χ1) is 6.34. The predicted molar refractivity (Wildman–Crippen MR) is 51.2 cm³/mol. The van der Waals surface area contributed by atoms with Gasteiger partial charge in [-0.1, -0.05) is 0 Å². The summed E-state index contributed by atoms with van der Waals surface area (Å²) in [4.78, 5) is 3.94. The van der Waals surface area contributed by atoms with Gasteiger partial charge in [0, 0.05) is 18.4 Å². The van der Waals surface area contributed by atoms with Crippen LogP contribution < -0.4 is 5.32 Å². The average Bonchev–Trinajstić information content (AvgIpc) is 2.19. The molecule has 1 atom stereocenters. The van der Waals surface area contributed by atoms with Crippen LogP contribution in [-0.4, -0.2) is 18.2 Å². The van der Waals surface area contributed by atoms with Gasteiger partial charge in [-0.3, -0.25) is 9.37 Å². The molecule has 0 fully saturated rings. The molecule has 0 aliphatic heterocycles. The Morgan fingerprint density at radius 2 is 2.15 bits per heavy atom. The lowest BCUT2D eigenvalue weighted by atomic mass is 10.1. The summed E-state index contributed by atoms with van der Waals surface area (Å²) in [6.07, 6.45) is 4.11. The van der Waals surface area contributed by atoms with E-state index in [2.05, 4.69) is 17.2 Å². The van der Waals surface area contributed by atoms with Crippen LogP contribution in [0.3, 0.4) is 0 Å². The largest absolute Gasteiger partial charge is 0.310 e. The van der Waals surface area contributed by atoms with Crippen LogP contribution in [0.1, 0.15) is 24.9 Å². The fourth-order valence-electron chi connectivity index (χ4n) is 1.16. The third-order valence-electron chi connectivity index (χ3n) is 1.97. The number of pyridine rings is 1. The van der Waals surface area contributed by atoms with Gasteiger partial charge in [0.2, 0.25) is 0 Å². The zero-order valence-corrected chi connectivity index (χ0v) is 7.83. The Kier molecular flexibility index (Phi) is 4.40. The topological polar surface area (TPSA) is 24.9 Å². The van der Waals surface area contributed by atoms with Crippen molar-refractivity contribution in [1.82, 2.24) is 10.3 Å². The molecule has 72 valence electrons. The lowest BCUT2D eigenvalue weighted by molar-refractivity contribution is 0.446. The van der Waals surface area contributed by atoms with Crippen LogP contribution in [0.5, 0.6) is 0 Å². The summed E-state index contributed by atoms with van der Waals surface area (Å²) in [5.41, 5.74) is 1.19. The summed E-state index contributed by atoms with van der Waals surface area (Å²) in [7, 11) is 0. The third kappa shape index (κ3) is 3.51. The fourth-order valence-corrected chi connectivity index (χ4v) is 1.16. The zero-order valence-electron chi connectivity index (χ0n) is 7.83. The van der Waals surface area contributed by atoms with E-state index in [1.807, 2.05) is 12.1 Å². The highest BCUT2D eigenvalue weighted by Crippen LogP contribution is 2.09. The number of nitrogens with zero attached hydrogens (tertiary/aromatic N) is 1. The first-order valence-corrected chi connectivity index (χ1v) is 4.54. The van der Waals surface area contributed by atoms with E-state index in [0.29, 0.717) is 6.42 Å². The Balaban J connectivity index is 2.35. The fraction of sp³-hybridized carbons (Fsp3) is 0.500. The Hall–Kier alpha value is -0.960. The van der Waals surface area contributed by atoms with Crippen molar-refractivity contribution in [2.45, 2.75) is 19.4 Å². The molecule has 1 rings (SSSR count). The average molecular weight is 182 g/mol. The van der Waals surface area contributed by atoms with E-state index in [1.54, 1.807) is 12.4 Å². The number of hydrogen-bond acceptors (Lipinski definition) is 2. The molecule has 0 saturated carbocycles. The van der Waals surface area contributed by atoms with Crippen LogP contribution in [0, 0.1) is 0 Å². The Bertz CT molecular complexity index is 226. The van der Waals surface area contributed by atoms with Gasteiger partial charge in [0.25, 0.3) is 0 Å². The van der Waals surface area contributed by atoms with Crippen molar-refractivity contribution in [3.8, 4) is 0 Å². The van der Waals surface area contributed by atoms with Gasteiger partial charge >= 0.3 is 0 Å². The van der Waals surface area contributed by atoms with Crippen LogP contribution in [0.15, 0.2) is 24.5 Å². The maximum Gasteiger partial charge on any atom is 0.0906 e. The summed E-state index contributed by atoms with van der Waals surface area (Å²) in [5.74, 6) is 0. The van der Waals surface area contributed by atoms with Crippen molar-refractivity contribution in [3.05, 3.63) is 30.1 Å². The maximum atomic E-state index is 11.8. The smallest absolute Gasteiger partial charge is 0.0906 e. The van der Waals surface area contributed by atoms with E-state index >= 15 is 0 Å². The number of halogens is 1. The van der Waals surface area contributed by atoms with Gasteiger partial charge in [0.15, 0.2) is 0 Å². The number of nitrogens with one attached hydrogen (secondary N) is 1. The standard InChI is InChI=1S/C10H15FN2/c1-9(13-6-2-5-11)10-3-7-12-8-4-10/h3-4,7-9,13H,2,5-6H2,1H3/t9-/m0/s1. The molecule has 0 aromatic carbocycles. The molecule has 0 spiro atoms. The summed E-state index contributed by atoms with van der Waals surface area (Å²) in [5, 5.41) is 3.23. The molecule has 0 aliphatic rings. The zero-order chi connectivity index (χ0) is 9.52. The van der Waals surface area contributed by atoms with Gasteiger partial charge in [-0.2, -0.15) is 0 Å². The van der Waals surface area contributed by atoms with Gasteiger partial charge in [-0.25, -0.2) is 0 Å². The lowest BCUT2D eigenvalue weighted by Gasteiger charge is -2.12. The lowest BCUT2D eigenvalue weighted by Crippen LogP contribution is -2.20. The van der Waals surface area contributed by atoms with Gasteiger partial charge in [-0.05, 0) is 37.6 Å². The second kappa shape index (κ2) is 5.65.